The fraction of sp³-hybridized carbons (Fsp3) is 0.667. The second kappa shape index (κ2) is 2.78. The van der Waals surface area contributed by atoms with Crippen molar-refractivity contribution < 1.29 is 4.39 Å². The van der Waals surface area contributed by atoms with E-state index < -0.39 is 0 Å². The number of alkyl halides is 1. The largest absolute Gasteiger partial charge is 0.246 e. The molecule has 1 heteroatoms. The Bertz CT molecular complexity index is 78.2. The Labute approximate surface area is 44.0 Å². The van der Waals surface area contributed by atoms with E-state index in [1.165, 1.54) is 0 Å². The minimum atomic E-state index is -0.303. The Hall–Kier alpha value is -0.330. The van der Waals surface area contributed by atoms with Gasteiger partial charge in [-0.15, -0.1) is 0 Å². The van der Waals surface area contributed by atoms with Gasteiger partial charge in [-0.2, -0.15) is 0 Å². The molecule has 0 bridgehead atoms. The van der Waals surface area contributed by atoms with E-state index in [-0.39, 0.29) is 6.67 Å². The van der Waals surface area contributed by atoms with Crippen LogP contribution in [0.5, 0.6) is 0 Å². The SMILES string of the molecule is CC(C)=C(C)CF. The first-order valence-electron chi connectivity index (χ1n) is 2.37. The highest BCUT2D eigenvalue weighted by molar-refractivity contribution is 5.06. The van der Waals surface area contributed by atoms with Gasteiger partial charge in [-0.25, -0.2) is 4.39 Å². The molecule has 0 aliphatic rings. The van der Waals surface area contributed by atoms with Crippen molar-refractivity contribution in [2.45, 2.75) is 20.8 Å². The van der Waals surface area contributed by atoms with E-state index in [9.17, 15) is 4.39 Å². The second-order valence-corrected chi connectivity index (χ2v) is 1.91. The quantitative estimate of drug-likeness (QED) is 0.446. The Balaban J connectivity index is 3.72. The van der Waals surface area contributed by atoms with Crippen molar-refractivity contribution in [3.8, 4) is 0 Å². The fourth-order valence-corrected chi connectivity index (χ4v) is 0.134. The average molecular weight is 102 g/mol. The molecule has 0 unspecified atom stereocenters. The predicted molar refractivity (Wildman–Crippen MR) is 30.0 cm³/mol. The third-order valence-electron chi connectivity index (χ3n) is 1.05. The highest BCUT2D eigenvalue weighted by Gasteiger charge is 1.85. The fourth-order valence-electron chi connectivity index (χ4n) is 0.134. The van der Waals surface area contributed by atoms with Gasteiger partial charge in [0.2, 0.25) is 0 Å². The van der Waals surface area contributed by atoms with E-state index in [4.69, 9.17) is 0 Å². The molecule has 42 valence electrons. The third-order valence-corrected chi connectivity index (χ3v) is 1.05. The minimum absolute atomic E-state index is 0.303. The van der Waals surface area contributed by atoms with Gasteiger partial charge in [0.1, 0.15) is 6.67 Å². The summed E-state index contributed by atoms with van der Waals surface area (Å²) in [5, 5.41) is 0. The number of hydrogen-bond acceptors (Lipinski definition) is 0. The summed E-state index contributed by atoms with van der Waals surface area (Å²) >= 11 is 0. The summed E-state index contributed by atoms with van der Waals surface area (Å²) in [6, 6.07) is 0. The Morgan fingerprint density at radius 3 is 1.71 bits per heavy atom. The Morgan fingerprint density at radius 1 is 1.29 bits per heavy atom. The van der Waals surface area contributed by atoms with Crippen LogP contribution in [0.1, 0.15) is 20.8 Å². The van der Waals surface area contributed by atoms with Crippen LogP contribution in [0.25, 0.3) is 0 Å². The topological polar surface area (TPSA) is 0 Å². The summed E-state index contributed by atoms with van der Waals surface area (Å²) in [5.74, 6) is 0. The van der Waals surface area contributed by atoms with Gasteiger partial charge in [-0.1, -0.05) is 5.57 Å². The molecule has 0 radical (unpaired) electrons. The summed E-state index contributed by atoms with van der Waals surface area (Å²) in [4.78, 5) is 0. The van der Waals surface area contributed by atoms with Crippen LogP contribution in [0.3, 0.4) is 0 Å². The van der Waals surface area contributed by atoms with E-state index in [0.29, 0.717) is 0 Å². The van der Waals surface area contributed by atoms with Gasteiger partial charge >= 0.3 is 0 Å². The van der Waals surface area contributed by atoms with Gasteiger partial charge in [-0.3, -0.25) is 0 Å². The molecule has 0 aromatic rings. The third kappa shape index (κ3) is 2.38. The number of rotatable bonds is 1. The average Bonchev–Trinajstić information content (AvgIpc) is 1.65. The van der Waals surface area contributed by atoms with E-state index in [0.717, 1.165) is 11.1 Å². The Kier molecular flexibility index (Phi) is 2.65. The van der Waals surface area contributed by atoms with Crippen molar-refractivity contribution in [3.05, 3.63) is 11.1 Å². The highest BCUT2D eigenvalue weighted by Crippen LogP contribution is 2.00. The molecule has 0 aliphatic carbocycles. The molecule has 0 aliphatic heterocycles. The molecule has 0 aromatic carbocycles. The molecule has 0 amide bonds. The van der Waals surface area contributed by atoms with Gasteiger partial charge < -0.3 is 0 Å². The van der Waals surface area contributed by atoms with Gasteiger partial charge in [-0.05, 0) is 26.3 Å². The number of hydrogen-bond donors (Lipinski definition) is 0. The summed E-state index contributed by atoms with van der Waals surface area (Å²) < 4.78 is 11.6. The van der Waals surface area contributed by atoms with Crippen molar-refractivity contribution in [3.63, 3.8) is 0 Å². The lowest BCUT2D eigenvalue weighted by Gasteiger charge is -1.92. The summed E-state index contributed by atoms with van der Waals surface area (Å²) in [5.41, 5.74) is 1.93. The summed E-state index contributed by atoms with van der Waals surface area (Å²) in [6.45, 7) is 5.32. The first kappa shape index (κ1) is 6.67. The highest BCUT2D eigenvalue weighted by atomic mass is 19.1. The molecule has 0 saturated carbocycles. The summed E-state index contributed by atoms with van der Waals surface area (Å²) in [7, 11) is 0. The minimum Gasteiger partial charge on any atom is -0.246 e. The second-order valence-electron chi connectivity index (χ2n) is 1.91. The molecule has 0 nitrogen and oxygen atoms in total. The first-order chi connectivity index (χ1) is 3.18. The molecule has 0 spiro atoms. The molecule has 0 heterocycles. The van der Waals surface area contributed by atoms with E-state index >= 15 is 0 Å². The van der Waals surface area contributed by atoms with Crippen LogP contribution in [0, 0.1) is 0 Å². The van der Waals surface area contributed by atoms with Crippen LogP contribution in [0.15, 0.2) is 11.1 Å². The van der Waals surface area contributed by atoms with Crippen LogP contribution in [-0.2, 0) is 0 Å². The molecule has 0 rings (SSSR count). The van der Waals surface area contributed by atoms with Crippen LogP contribution in [0.2, 0.25) is 0 Å². The normalized spacial score (nSPS) is 8.57. The van der Waals surface area contributed by atoms with Gasteiger partial charge in [0.05, 0.1) is 0 Å². The van der Waals surface area contributed by atoms with Crippen LogP contribution < -0.4 is 0 Å². The zero-order chi connectivity index (χ0) is 5.86. The summed E-state index contributed by atoms with van der Waals surface area (Å²) in [6.07, 6.45) is 0. The predicted octanol–water partition coefficient (Wildman–Crippen LogP) is 2.31. The zero-order valence-corrected chi connectivity index (χ0v) is 5.09. The van der Waals surface area contributed by atoms with Crippen molar-refractivity contribution in [2.75, 3.05) is 6.67 Å². The molecule has 0 fully saturated rings. The Morgan fingerprint density at radius 2 is 1.71 bits per heavy atom. The monoisotopic (exact) mass is 102 g/mol. The van der Waals surface area contributed by atoms with Crippen LogP contribution in [-0.4, -0.2) is 6.67 Å². The standard InChI is InChI=1S/C6H11F/c1-5(2)6(3)4-7/h4H2,1-3H3. The van der Waals surface area contributed by atoms with Crippen LogP contribution in [0.4, 0.5) is 4.39 Å². The lowest BCUT2D eigenvalue weighted by atomic mass is 10.2. The maximum Gasteiger partial charge on any atom is 0.110 e. The van der Waals surface area contributed by atoms with Crippen molar-refractivity contribution >= 4 is 0 Å². The zero-order valence-electron chi connectivity index (χ0n) is 5.09. The van der Waals surface area contributed by atoms with E-state index in [1.807, 2.05) is 13.8 Å². The van der Waals surface area contributed by atoms with E-state index in [2.05, 4.69) is 0 Å². The maximum absolute atomic E-state index is 11.6. The first-order valence-corrected chi connectivity index (χ1v) is 2.37. The molecule has 0 saturated heterocycles. The molecule has 7 heavy (non-hydrogen) atoms. The van der Waals surface area contributed by atoms with Crippen molar-refractivity contribution in [1.29, 1.82) is 0 Å². The lowest BCUT2D eigenvalue weighted by Crippen LogP contribution is -1.79. The number of allylic oxidation sites excluding steroid dienone is 2. The molecular formula is C6H11F. The van der Waals surface area contributed by atoms with Gasteiger partial charge in [0.25, 0.3) is 0 Å². The maximum atomic E-state index is 11.6. The molecule has 0 aromatic heterocycles. The number of halogens is 1. The van der Waals surface area contributed by atoms with Crippen molar-refractivity contribution in [2.24, 2.45) is 0 Å². The van der Waals surface area contributed by atoms with Crippen LogP contribution >= 0.6 is 0 Å². The molecular weight excluding hydrogens is 91.1 g/mol. The van der Waals surface area contributed by atoms with Gasteiger partial charge in [0, 0.05) is 0 Å². The molecule has 0 atom stereocenters. The smallest absolute Gasteiger partial charge is 0.110 e. The van der Waals surface area contributed by atoms with Gasteiger partial charge in [0.15, 0.2) is 0 Å². The van der Waals surface area contributed by atoms with E-state index in [1.54, 1.807) is 6.92 Å². The molecule has 0 N–H and O–H groups in total. The van der Waals surface area contributed by atoms with Crippen molar-refractivity contribution in [1.82, 2.24) is 0 Å². The lowest BCUT2D eigenvalue weighted by molar-refractivity contribution is 0.540.